The largest absolute Gasteiger partial charge is 0.479 e. The molecule has 3 atom stereocenters. The van der Waals surface area contributed by atoms with Crippen LogP contribution in [0.15, 0.2) is 18.2 Å². The number of sulfone groups is 1. The van der Waals surface area contributed by atoms with Gasteiger partial charge in [0, 0.05) is 18.8 Å². The van der Waals surface area contributed by atoms with Gasteiger partial charge in [-0.25, -0.2) is 8.42 Å². The monoisotopic (exact) mass is 381 g/mol. The zero-order chi connectivity index (χ0) is 19.1. The summed E-state index contributed by atoms with van der Waals surface area (Å²) >= 11 is 0. The third-order valence-corrected chi connectivity index (χ3v) is 6.52. The molecule has 2 aliphatic rings. The minimum Gasteiger partial charge on any atom is -0.479 e. The molecule has 0 radical (unpaired) electrons. The number of ether oxygens (including phenoxy) is 1. The highest BCUT2D eigenvalue weighted by atomic mass is 32.2. The highest BCUT2D eigenvalue weighted by molar-refractivity contribution is 7.91. The molecule has 9 heteroatoms. The summed E-state index contributed by atoms with van der Waals surface area (Å²) in [5.41, 5.74) is 1.21. The molecular formula is C17H23N3O5S. The van der Waals surface area contributed by atoms with Crippen LogP contribution >= 0.6 is 0 Å². The van der Waals surface area contributed by atoms with E-state index >= 15 is 0 Å². The molecule has 142 valence electrons. The Morgan fingerprint density at radius 2 is 2.15 bits per heavy atom. The minimum absolute atomic E-state index is 0.0162. The van der Waals surface area contributed by atoms with Gasteiger partial charge in [0.15, 0.2) is 15.9 Å². The maximum Gasteiger partial charge on any atom is 0.265 e. The standard InChI is InChI=1S/C17H23N3O5S/c1-10(17(22)20(3)13-6-7-26(23,24)9-13)18-12-4-5-15-14(8-12)19-16(21)11(2)25-15/h4-5,8,10-11,13,18H,6-7,9H2,1-3H3,(H,19,21)/t10-,11-,13-/m0/s1. The van der Waals surface area contributed by atoms with Gasteiger partial charge in [-0.1, -0.05) is 0 Å². The van der Waals surface area contributed by atoms with Gasteiger partial charge in [-0.15, -0.1) is 0 Å². The van der Waals surface area contributed by atoms with Gasteiger partial charge in [0.2, 0.25) is 5.91 Å². The number of nitrogens with zero attached hydrogens (tertiary/aromatic N) is 1. The molecule has 0 aliphatic carbocycles. The number of rotatable bonds is 4. The number of fused-ring (bicyclic) bond motifs is 1. The normalized spacial score (nSPS) is 24.8. The quantitative estimate of drug-likeness (QED) is 0.801. The van der Waals surface area contributed by atoms with Crippen molar-refractivity contribution in [2.45, 2.75) is 38.5 Å². The van der Waals surface area contributed by atoms with E-state index in [0.717, 1.165) is 0 Å². The fraction of sp³-hybridized carbons (Fsp3) is 0.529. The van der Waals surface area contributed by atoms with Crippen LogP contribution in [0.2, 0.25) is 0 Å². The summed E-state index contributed by atoms with van der Waals surface area (Å²) in [6.45, 7) is 3.39. The number of benzene rings is 1. The van der Waals surface area contributed by atoms with Crippen LogP contribution in [-0.4, -0.2) is 61.9 Å². The molecule has 0 saturated carbocycles. The molecule has 1 aromatic rings. The van der Waals surface area contributed by atoms with Gasteiger partial charge >= 0.3 is 0 Å². The van der Waals surface area contributed by atoms with E-state index in [4.69, 9.17) is 4.74 Å². The third-order valence-electron chi connectivity index (χ3n) is 4.77. The van der Waals surface area contributed by atoms with Gasteiger partial charge in [-0.3, -0.25) is 9.59 Å². The van der Waals surface area contributed by atoms with E-state index in [9.17, 15) is 18.0 Å². The van der Waals surface area contributed by atoms with Crippen LogP contribution in [0, 0.1) is 0 Å². The molecule has 3 rings (SSSR count). The molecule has 26 heavy (non-hydrogen) atoms. The predicted octanol–water partition coefficient (Wildman–Crippen LogP) is 0.852. The Bertz CT molecular complexity index is 839. The fourth-order valence-corrected chi connectivity index (χ4v) is 4.95. The fourth-order valence-electron chi connectivity index (χ4n) is 3.18. The average Bonchev–Trinajstić information content (AvgIpc) is 2.94. The van der Waals surface area contributed by atoms with Gasteiger partial charge in [-0.2, -0.15) is 0 Å². The van der Waals surface area contributed by atoms with E-state index in [-0.39, 0.29) is 29.4 Å². The zero-order valence-electron chi connectivity index (χ0n) is 15.0. The van der Waals surface area contributed by atoms with Gasteiger partial charge in [0.1, 0.15) is 11.8 Å². The lowest BCUT2D eigenvalue weighted by molar-refractivity contribution is -0.132. The Morgan fingerprint density at radius 1 is 1.42 bits per heavy atom. The number of nitrogens with one attached hydrogen (secondary N) is 2. The second-order valence-corrected chi connectivity index (χ2v) is 9.06. The number of carbonyl (C=O) groups is 2. The van der Waals surface area contributed by atoms with Crippen molar-refractivity contribution in [2.24, 2.45) is 0 Å². The second kappa shape index (κ2) is 6.79. The zero-order valence-corrected chi connectivity index (χ0v) is 15.8. The first-order valence-electron chi connectivity index (χ1n) is 8.51. The first-order valence-corrected chi connectivity index (χ1v) is 10.3. The Morgan fingerprint density at radius 3 is 2.81 bits per heavy atom. The molecule has 1 saturated heterocycles. The van der Waals surface area contributed by atoms with Crippen LogP contribution in [-0.2, 0) is 19.4 Å². The molecule has 8 nitrogen and oxygen atoms in total. The number of carbonyl (C=O) groups excluding carboxylic acids is 2. The van der Waals surface area contributed by atoms with Crippen LogP contribution in [0.5, 0.6) is 5.75 Å². The first kappa shape index (κ1) is 18.5. The van der Waals surface area contributed by atoms with Gasteiger partial charge in [0.25, 0.3) is 5.91 Å². The molecule has 1 aromatic carbocycles. The third kappa shape index (κ3) is 3.77. The summed E-state index contributed by atoms with van der Waals surface area (Å²) in [6.07, 6.45) is -0.0734. The van der Waals surface area contributed by atoms with E-state index in [1.807, 2.05) is 0 Å². The summed E-state index contributed by atoms with van der Waals surface area (Å²) in [4.78, 5) is 25.8. The number of hydrogen-bond donors (Lipinski definition) is 2. The number of hydrogen-bond acceptors (Lipinski definition) is 6. The molecule has 0 aromatic heterocycles. The van der Waals surface area contributed by atoms with E-state index in [0.29, 0.717) is 23.5 Å². The summed E-state index contributed by atoms with van der Waals surface area (Å²) in [7, 11) is -1.41. The van der Waals surface area contributed by atoms with Crippen molar-refractivity contribution >= 4 is 33.0 Å². The minimum atomic E-state index is -3.05. The van der Waals surface area contributed by atoms with Crippen molar-refractivity contribution < 1.29 is 22.7 Å². The lowest BCUT2D eigenvalue weighted by Gasteiger charge is -2.28. The summed E-state index contributed by atoms with van der Waals surface area (Å²) in [5.74, 6) is 0.317. The highest BCUT2D eigenvalue weighted by Crippen LogP contribution is 2.32. The summed E-state index contributed by atoms with van der Waals surface area (Å²) in [5, 5.41) is 5.86. The van der Waals surface area contributed by atoms with E-state index < -0.39 is 22.0 Å². The van der Waals surface area contributed by atoms with Crippen LogP contribution in [0.1, 0.15) is 20.3 Å². The lowest BCUT2D eigenvalue weighted by Crippen LogP contribution is -2.45. The van der Waals surface area contributed by atoms with Gasteiger partial charge < -0.3 is 20.3 Å². The first-order chi connectivity index (χ1) is 12.2. The molecule has 0 bridgehead atoms. The predicted molar refractivity (Wildman–Crippen MR) is 98.1 cm³/mol. The molecule has 0 spiro atoms. The van der Waals surface area contributed by atoms with E-state index in [2.05, 4.69) is 10.6 Å². The SMILES string of the molecule is C[C@H](Nc1ccc2c(c1)NC(=O)[C@H](C)O2)C(=O)N(C)[C@H]1CCS(=O)(=O)C1. The van der Waals surface area contributed by atoms with Crippen molar-refractivity contribution in [3.63, 3.8) is 0 Å². The van der Waals surface area contributed by atoms with Crippen LogP contribution in [0.3, 0.4) is 0 Å². The number of anilines is 2. The molecule has 2 heterocycles. The maximum absolute atomic E-state index is 12.6. The molecule has 0 unspecified atom stereocenters. The summed E-state index contributed by atoms with van der Waals surface area (Å²) < 4.78 is 28.7. The molecular weight excluding hydrogens is 358 g/mol. The Hall–Kier alpha value is -2.29. The number of amides is 2. The highest BCUT2D eigenvalue weighted by Gasteiger charge is 2.34. The lowest BCUT2D eigenvalue weighted by atomic mass is 10.1. The Labute approximate surface area is 152 Å². The second-order valence-electron chi connectivity index (χ2n) is 6.83. The van der Waals surface area contributed by atoms with Crippen LogP contribution < -0.4 is 15.4 Å². The van der Waals surface area contributed by atoms with Crippen molar-refractivity contribution in [2.75, 3.05) is 29.2 Å². The van der Waals surface area contributed by atoms with Crippen molar-refractivity contribution in [3.8, 4) is 5.75 Å². The van der Waals surface area contributed by atoms with Crippen LogP contribution in [0.25, 0.3) is 0 Å². The topological polar surface area (TPSA) is 105 Å². The van der Waals surface area contributed by atoms with Gasteiger partial charge in [0.05, 0.1) is 17.2 Å². The van der Waals surface area contributed by atoms with E-state index in [1.165, 1.54) is 4.90 Å². The molecule has 1 fully saturated rings. The van der Waals surface area contributed by atoms with Gasteiger partial charge in [-0.05, 0) is 38.5 Å². The van der Waals surface area contributed by atoms with Crippen molar-refractivity contribution in [1.82, 2.24) is 4.90 Å². The number of likely N-dealkylation sites (N-methyl/N-ethyl adjacent to an activating group) is 1. The van der Waals surface area contributed by atoms with Crippen molar-refractivity contribution in [3.05, 3.63) is 18.2 Å². The van der Waals surface area contributed by atoms with Crippen molar-refractivity contribution in [1.29, 1.82) is 0 Å². The molecule has 2 aliphatic heterocycles. The van der Waals surface area contributed by atoms with E-state index in [1.54, 1.807) is 39.1 Å². The maximum atomic E-state index is 12.6. The van der Waals surface area contributed by atoms with Crippen LogP contribution in [0.4, 0.5) is 11.4 Å². The average molecular weight is 381 g/mol. The smallest absolute Gasteiger partial charge is 0.265 e. The molecule has 2 N–H and O–H groups in total. The summed E-state index contributed by atoms with van der Waals surface area (Å²) in [6, 6.07) is 4.39. The Kier molecular flexibility index (Phi) is 4.83. The molecule has 2 amide bonds. The Balaban J connectivity index is 1.66.